The third-order valence-corrected chi connectivity index (χ3v) is 4.32. The van der Waals surface area contributed by atoms with Crippen molar-refractivity contribution < 1.29 is 19.4 Å². The van der Waals surface area contributed by atoms with Crippen LogP contribution in [-0.2, 0) is 9.59 Å². The van der Waals surface area contributed by atoms with Crippen molar-refractivity contribution in [3.8, 4) is 5.75 Å². The highest BCUT2D eigenvalue weighted by Gasteiger charge is 2.40. The standard InChI is InChI=1S/C21H21NO4/c1-12(2)26-17-9-6-15(7-10-17)18-19(23)21(25)22(20(18)24)16-8-5-13(3)14(4)11-16/h5-12,23H,1-4H3. The average molecular weight is 351 g/mol. The molecule has 26 heavy (non-hydrogen) atoms. The van der Waals surface area contributed by atoms with E-state index in [0.717, 1.165) is 16.0 Å². The predicted octanol–water partition coefficient (Wildman–Crippen LogP) is 3.93. The molecular formula is C21H21NO4. The molecule has 3 rings (SSSR count). The Bertz CT molecular complexity index is 910. The lowest BCUT2D eigenvalue weighted by Gasteiger charge is -2.16. The minimum Gasteiger partial charge on any atom is -0.502 e. The van der Waals surface area contributed by atoms with Crippen LogP contribution in [0, 0.1) is 13.8 Å². The van der Waals surface area contributed by atoms with Gasteiger partial charge in [-0.15, -0.1) is 0 Å². The first-order valence-corrected chi connectivity index (χ1v) is 8.46. The van der Waals surface area contributed by atoms with Gasteiger partial charge in [-0.2, -0.15) is 0 Å². The SMILES string of the molecule is Cc1ccc(N2C(=O)C(O)=C(c3ccc(OC(C)C)cc3)C2=O)cc1C. The second-order valence-corrected chi connectivity index (χ2v) is 6.63. The van der Waals surface area contributed by atoms with Crippen molar-refractivity contribution in [3.63, 3.8) is 0 Å². The smallest absolute Gasteiger partial charge is 0.301 e. The summed E-state index contributed by atoms with van der Waals surface area (Å²) < 4.78 is 5.58. The van der Waals surface area contributed by atoms with Crippen molar-refractivity contribution in [1.82, 2.24) is 0 Å². The number of benzene rings is 2. The molecule has 5 heteroatoms. The number of hydrogen-bond donors (Lipinski definition) is 1. The summed E-state index contributed by atoms with van der Waals surface area (Å²) in [6.45, 7) is 7.70. The van der Waals surface area contributed by atoms with E-state index in [0.29, 0.717) is 17.0 Å². The van der Waals surface area contributed by atoms with E-state index >= 15 is 0 Å². The van der Waals surface area contributed by atoms with Crippen molar-refractivity contribution in [2.45, 2.75) is 33.8 Å². The first-order valence-electron chi connectivity index (χ1n) is 8.46. The van der Waals surface area contributed by atoms with E-state index in [9.17, 15) is 14.7 Å². The largest absolute Gasteiger partial charge is 0.502 e. The Morgan fingerprint density at radius 3 is 2.15 bits per heavy atom. The topological polar surface area (TPSA) is 66.8 Å². The number of carbonyl (C=O) groups is 2. The number of hydrogen-bond acceptors (Lipinski definition) is 4. The van der Waals surface area contributed by atoms with Crippen LogP contribution in [0.2, 0.25) is 0 Å². The highest BCUT2D eigenvalue weighted by molar-refractivity contribution is 6.44. The molecule has 0 unspecified atom stereocenters. The van der Waals surface area contributed by atoms with Gasteiger partial charge in [0.2, 0.25) is 0 Å². The lowest BCUT2D eigenvalue weighted by molar-refractivity contribution is -0.121. The van der Waals surface area contributed by atoms with Gasteiger partial charge in [-0.25, -0.2) is 4.90 Å². The maximum Gasteiger partial charge on any atom is 0.301 e. The molecule has 0 bridgehead atoms. The maximum atomic E-state index is 12.8. The molecule has 2 aromatic carbocycles. The molecule has 0 radical (unpaired) electrons. The molecule has 5 nitrogen and oxygen atoms in total. The van der Waals surface area contributed by atoms with Gasteiger partial charge in [-0.05, 0) is 68.7 Å². The van der Waals surface area contributed by atoms with Crippen molar-refractivity contribution >= 4 is 23.1 Å². The molecule has 2 aromatic rings. The van der Waals surface area contributed by atoms with Gasteiger partial charge in [-0.1, -0.05) is 18.2 Å². The Labute approximate surface area is 152 Å². The second-order valence-electron chi connectivity index (χ2n) is 6.63. The Balaban J connectivity index is 1.95. The van der Waals surface area contributed by atoms with Crippen LogP contribution < -0.4 is 9.64 Å². The number of aryl methyl sites for hydroxylation is 2. The van der Waals surface area contributed by atoms with Crippen LogP contribution >= 0.6 is 0 Å². The zero-order valence-electron chi connectivity index (χ0n) is 15.2. The molecule has 0 spiro atoms. The van der Waals surface area contributed by atoms with Crippen molar-refractivity contribution in [3.05, 3.63) is 64.9 Å². The number of anilines is 1. The third kappa shape index (κ3) is 3.08. The van der Waals surface area contributed by atoms with Gasteiger partial charge >= 0.3 is 5.91 Å². The van der Waals surface area contributed by atoms with Gasteiger partial charge in [0.15, 0.2) is 5.76 Å². The molecule has 0 fully saturated rings. The lowest BCUT2D eigenvalue weighted by Crippen LogP contribution is -2.31. The summed E-state index contributed by atoms with van der Waals surface area (Å²) >= 11 is 0. The van der Waals surface area contributed by atoms with Gasteiger partial charge < -0.3 is 9.84 Å². The number of nitrogens with zero attached hydrogens (tertiary/aromatic N) is 1. The van der Waals surface area contributed by atoms with Crippen LogP contribution in [0.5, 0.6) is 5.75 Å². The summed E-state index contributed by atoms with van der Waals surface area (Å²) in [6.07, 6.45) is 0.0310. The normalized spacial score (nSPS) is 14.6. The quantitative estimate of drug-likeness (QED) is 0.848. The van der Waals surface area contributed by atoms with E-state index in [1.165, 1.54) is 0 Å². The van der Waals surface area contributed by atoms with E-state index in [4.69, 9.17) is 4.74 Å². The number of imide groups is 1. The number of amides is 2. The minimum atomic E-state index is -0.712. The van der Waals surface area contributed by atoms with Gasteiger partial charge in [0.1, 0.15) is 5.75 Å². The predicted molar refractivity (Wildman–Crippen MR) is 100 cm³/mol. The van der Waals surface area contributed by atoms with Gasteiger partial charge in [-0.3, -0.25) is 9.59 Å². The molecule has 0 saturated carbocycles. The fourth-order valence-corrected chi connectivity index (χ4v) is 2.85. The van der Waals surface area contributed by atoms with E-state index in [2.05, 4.69) is 0 Å². The fraction of sp³-hybridized carbons (Fsp3) is 0.238. The highest BCUT2D eigenvalue weighted by Crippen LogP contribution is 2.33. The first-order chi connectivity index (χ1) is 12.3. The van der Waals surface area contributed by atoms with Crippen LogP contribution in [0.1, 0.15) is 30.5 Å². The first kappa shape index (κ1) is 17.7. The summed E-state index contributed by atoms with van der Waals surface area (Å²) in [5.41, 5.74) is 2.95. The summed E-state index contributed by atoms with van der Waals surface area (Å²) in [5, 5.41) is 10.3. The number of aliphatic hydroxyl groups excluding tert-OH is 1. The zero-order valence-corrected chi connectivity index (χ0v) is 15.2. The Morgan fingerprint density at radius 1 is 0.923 bits per heavy atom. The van der Waals surface area contributed by atoms with Crippen molar-refractivity contribution in [2.75, 3.05) is 4.90 Å². The number of carbonyl (C=O) groups excluding carboxylic acids is 2. The molecule has 1 aliphatic rings. The monoisotopic (exact) mass is 351 g/mol. The Morgan fingerprint density at radius 2 is 1.58 bits per heavy atom. The van der Waals surface area contributed by atoms with E-state index in [1.807, 2.05) is 33.8 Å². The fourth-order valence-electron chi connectivity index (χ4n) is 2.85. The minimum absolute atomic E-state index is 0.00400. The van der Waals surface area contributed by atoms with E-state index < -0.39 is 17.6 Å². The molecule has 0 saturated heterocycles. The van der Waals surface area contributed by atoms with Crippen LogP contribution in [0.4, 0.5) is 5.69 Å². The summed E-state index contributed by atoms with van der Waals surface area (Å²) in [5.74, 6) is -1.12. The molecule has 0 atom stereocenters. The molecule has 0 aliphatic carbocycles. The number of ether oxygens (including phenoxy) is 1. The Hall–Kier alpha value is -3.08. The number of aliphatic hydroxyl groups is 1. The second kappa shape index (κ2) is 6.67. The van der Waals surface area contributed by atoms with Gasteiger partial charge in [0, 0.05) is 0 Å². The molecule has 0 aromatic heterocycles. The van der Waals surface area contributed by atoms with Gasteiger partial charge in [0.05, 0.1) is 17.4 Å². The summed E-state index contributed by atoms with van der Waals surface area (Å²) in [7, 11) is 0. The highest BCUT2D eigenvalue weighted by atomic mass is 16.5. The van der Waals surface area contributed by atoms with Crippen LogP contribution in [0.15, 0.2) is 48.2 Å². The maximum absolute atomic E-state index is 12.8. The molecule has 134 valence electrons. The molecule has 2 amide bonds. The molecular weight excluding hydrogens is 330 g/mol. The lowest BCUT2D eigenvalue weighted by atomic mass is 10.1. The summed E-state index contributed by atoms with van der Waals surface area (Å²) in [4.78, 5) is 26.3. The van der Waals surface area contributed by atoms with Crippen molar-refractivity contribution in [2.24, 2.45) is 0 Å². The van der Waals surface area contributed by atoms with Crippen molar-refractivity contribution in [1.29, 1.82) is 0 Å². The summed E-state index contributed by atoms with van der Waals surface area (Å²) in [6, 6.07) is 12.1. The van der Waals surface area contributed by atoms with Crippen LogP contribution in [0.25, 0.3) is 5.57 Å². The number of rotatable bonds is 4. The van der Waals surface area contributed by atoms with E-state index in [1.54, 1.807) is 36.4 Å². The van der Waals surface area contributed by atoms with Gasteiger partial charge in [0.25, 0.3) is 5.91 Å². The molecule has 1 N–H and O–H groups in total. The zero-order chi connectivity index (χ0) is 19.0. The van der Waals surface area contributed by atoms with Crippen LogP contribution in [0.3, 0.4) is 0 Å². The van der Waals surface area contributed by atoms with E-state index in [-0.39, 0.29) is 11.7 Å². The third-order valence-electron chi connectivity index (χ3n) is 4.32. The molecule has 1 aliphatic heterocycles. The van der Waals surface area contributed by atoms with Crippen LogP contribution in [-0.4, -0.2) is 23.0 Å². The Kier molecular flexibility index (Phi) is 4.55. The molecule has 1 heterocycles. The average Bonchev–Trinajstić information content (AvgIpc) is 2.80.